The standard InChI is InChI=1S/C28H36N2O/c1-17(2)27-25-14-23(22-7-5-20(6-8-22)13-21-15-31-16-21)9-10-26(25)30-28(27)24-11-18(3)29-19(4)12-24/h9-12,14,17,20-22,30H,5-8,13,15-16H2,1-4H3. The molecule has 1 aliphatic carbocycles. The second-order valence-corrected chi connectivity index (χ2v) is 10.4. The Morgan fingerprint density at radius 1 is 0.968 bits per heavy atom. The second kappa shape index (κ2) is 8.43. The summed E-state index contributed by atoms with van der Waals surface area (Å²) in [4.78, 5) is 8.32. The molecule has 3 heteroatoms. The van der Waals surface area contributed by atoms with Gasteiger partial charge in [0.1, 0.15) is 0 Å². The zero-order valence-corrected chi connectivity index (χ0v) is 19.5. The van der Waals surface area contributed by atoms with E-state index in [1.54, 1.807) is 0 Å². The van der Waals surface area contributed by atoms with Gasteiger partial charge in [0.15, 0.2) is 0 Å². The summed E-state index contributed by atoms with van der Waals surface area (Å²) in [7, 11) is 0. The third-order valence-electron chi connectivity index (χ3n) is 7.50. The van der Waals surface area contributed by atoms with E-state index in [0.29, 0.717) is 11.8 Å². The molecule has 0 radical (unpaired) electrons. The van der Waals surface area contributed by atoms with Crippen molar-refractivity contribution in [2.45, 2.75) is 71.6 Å². The van der Waals surface area contributed by atoms with Gasteiger partial charge in [-0.3, -0.25) is 4.98 Å². The number of nitrogens with zero attached hydrogens (tertiary/aromatic N) is 1. The minimum Gasteiger partial charge on any atom is -0.381 e. The first-order valence-electron chi connectivity index (χ1n) is 12.2. The molecule has 1 N–H and O–H groups in total. The van der Waals surface area contributed by atoms with E-state index in [0.717, 1.165) is 36.4 Å². The third kappa shape index (κ3) is 4.17. The van der Waals surface area contributed by atoms with E-state index in [-0.39, 0.29) is 0 Å². The third-order valence-corrected chi connectivity index (χ3v) is 7.50. The quantitative estimate of drug-likeness (QED) is 0.474. The highest BCUT2D eigenvalue weighted by molar-refractivity contribution is 5.92. The van der Waals surface area contributed by atoms with Crippen molar-refractivity contribution in [3.8, 4) is 11.3 Å². The van der Waals surface area contributed by atoms with Gasteiger partial charge in [-0.2, -0.15) is 0 Å². The summed E-state index contributed by atoms with van der Waals surface area (Å²) in [5.41, 5.74) is 8.92. The van der Waals surface area contributed by atoms with E-state index in [1.165, 1.54) is 65.4 Å². The Bertz CT molecular complexity index is 1050. The summed E-state index contributed by atoms with van der Waals surface area (Å²) in [5.74, 6) is 2.93. The van der Waals surface area contributed by atoms with Crippen molar-refractivity contribution in [2.24, 2.45) is 11.8 Å². The van der Waals surface area contributed by atoms with E-state index in [1.807, 2.05) is 0 Å². The summed E-state index contributed by atoms with van der Waals surface area (Å²) < 4.78 is 5.38. The normalized spacial score (nSPS) is 22.2. The first-order chi connectivity index (χ1) is 15.0. The van der Waals surface area contributed by atoms with Gasteiger partial charge in [-0.25, -0.2) is 0 Å². The Kier molecular flexibility index (Phi) is 5.64. The fourth-order valence-electron chi connectivity index (χ4n) is 5.91. The maximum Gasteiger partial charge on any atom is 0.0516 e. The Balaban J connectivity index is 1.43. The molecule has 3 aromatic rings. The number of ether oxygens (including phenoxy) is 1. The predicted octanol–water partition coefficient (Wildman–Crippen LogP) is 7.28. The average Bonchev–Trinajstić information content (AvgIpc) is 3.09. The first-order valence-corrected chi connectivity index (χ1v) is 12.2. The van der Waals surface area contributed by atoms with Crippen molar-refractivity contribution in [1.82, 2.24) is 9.97 Å². The van der Waals surface area contributed by atoms with Crippen molar-refractivity contribution in [1.29, 1.82) is 0 Å². The molecule has 1 aromatic carbocycles. The molecule has 3 heterocycles. The molecule has 0 unspecified atom stereocenters. The van der Waals surface area contributed by atoms with Gasteiger partial charge < -0.3 is 9.72 Å². The van der Waals surface area contributed by atoms with Crippen LogP contribution in [0, 0.1) is 25.7 Å². The fourth-order valence-corrected chi connectivity index (χ4v) is 5.91. The van der Waals surface area contributed by atoms with Gasteiger partial charge >= 0.3 is 0 Å². The van der Waals surface area contributed by atoms with Crippen LogP contribution in [0.3, 0.4) is 0 Å². The second-order valence-electron chi connectivity index (χ2n) is 10.4. The molecule has 2 aromatic heterocycles. The molecular weight excluding hydrogens is 380 g/mol. The lowest BCUT2D eigenvalue weighted by molar-refractivity contribution is -0.0448. The molecule has 5 rings (SSSR count). The number of aryl methyl sites for hydroxylation is 2. The number of rotatable bonds is 5. The lowest BCUT2D eigenvalue weighted by atomic mass is 9.75. The van der Waals surface area contributed by atoms with E-state index >= 15 is 0 Å². The molecule has 0 spiro atoms. The minimum atomic E-state index is 0.466. The van der Waals surface area contributed by atoms with Gasteiger partial charge in [0.25, 0.3) is 0 Å². The fraction of sp³-hybridized carbons (Fsp3) is 0.536. The molecule has 2 fully saturated rings. The van der Waals surface area contributed by atoms with Crippen LogP contribution >= 0.6 is 0 Å². The van der Waals surface area contributed by atoms with Gasteiger partial charge in [0.2, 0.25) is 0 Å². The summed E-state index contributed by atoms with van der Waals surface area (Å²) in [6.45, 7) is 10.8. The van der Waals surface area contributed by atoms with Crippen LogP contribution in [0.4, 0.5) is 0 Å². The van der Waals surface area contributed by atoms with E-state index in [9.17, 15) is 0 Å². The Hall–Kier alpha value is -2.13. The first kappa shape index (κ1) is 20.8. The van der Waals surface area contributed by atoms with Crippen molar-refractivity contribution in [2.75, 3.05) is 13.2 Å². The number of nitrogens with one attached hydrogen (secondary N) is 1. The lowest BCUT2D eigenvalue weighted by Gasteiger charge is -2.34. The maximum atomic E-state index is 5.38. The Labute approximate surface area is 186 Å². The highest BCUT2D eigenvalue weighted by Gasteiger charge is 2.28. The number of hydrogen-bond acceptors (Lipinski definition) is 2. The summed E-state index contributed by atoms with van der Waals surface area (Å²) in [5, 5.41) is 1.41. The highest BCUT2D eigenvalue weighted by Crippen LogP contribution is 2.42. The number of aromatic amines is 1. The van der Waals surface area contributed by atoms with Crippen LogP contribution in [0.1, 0.15) is 80.3 Å². The molecule has 3 nitrogen and oxygen atoms in total. The summed E-state index contributed by atoms with van der Waals surface area (Å²) in [6.07, 6.45) is 6.81. The molecule has 1 saturated heterocycles. The van der Waals surface area contributed by atoms with Crippen molar-refractivity contribution in [3.05, 3.63) is 52.8 Å². The largest absolute Gasteiger partial charge is 0.381 e. The van der Waals surface area contributed by atoms with Gasteiger partial charge in [0.05, 0.1) is 18.9 Å². The number of pyridine rings is 1. The number of H-pyrrole nitrogens is 1. The number of benzene rings is 1. The number of aromatic nitrogens is 2. The molecular formula is C28H36N2O. The lowest BCUT2D eigenvalue weighted by Crippen LogP contribution is -2.30. The van der Waals surface area contributed by atoms with Crippen molar-refractivity contribution < 1.29 is 4.74 Å². The average molecular weight is 417 g/mol. The monoisotopic (exact) mass is 416 g/mol. The summed E-state index contributed by atoms with van der Waals surface area (Å²) >= 11 is 0. The molecule has 1 aliphatic heterocycles. The number of hydrogen-bond donors (Lipinski definition) is 1. The molecule has 0 amide bonds. The van der Waals surface area contributed by atoms with Crippen molar-refractivity contribution in [3.63, 3.8) is 0 Å². The van der Waals surface area contributed by atoms with Gasteiger partial charge in [-0.1, -0.05) is 19.9 Å². The smallest absolute Gasteiger partial charge is 0.0516 e. The predicted molar refractivity (Wildman–Crippen MR) is 129 cm³/mol. The Morgan fingerprint density at radius 2 is 1.68 bits per heavy atom. The maximum absolute atomic E-state index is 5.38. The van der Waals surface area contributed by atoms with E-state index < -0.39 is 0 Å². The minimum absolute atomic E-state index is 0.466. The van der Waals surface area contributed by atoms with Crippen LogP contribution in [-0.2, 0) is 4.74 Å². The van der Waals surface area contributed by atoms with Crippen LogP contribution in [0.15, 0.2) is 30.3 Å². The van der Waals surface area contributed by atoms with Gasteiger partial charge in [0, 0.05) is 33.8 Å². The molecule has 31 heavy (non-hydrogen) atoms. The molecule has 164 valence electrons. The number of fused-ring (bicyclic) bond motifs is 1. The van der Waals surface area contributed by atoms with Crippen LogP contribution in [0.25, 0.3) is 22.2 Å². The van der Waals surface area contributed by atoms with Crippen LogP contribution < -0.4 is 0 Å². The Morgan fingerprint density at radius 3 is 2.29 bits per heavy atom. The van der Waals surface area contributed by atoms with Crippen LogP contribution in [0.5, 0.6) is 0 Å². The molecule has 2 aliphatic rings. The van der Waals surface area contributed by atoms with Crippen LogP contribution in [0.2, 0.25) is 0 Å². The molecule has 1 saturated carbocycles. The van der Waals surface area contributed by atoms with E-state index in [4.69, 9.17) is 4.74 Å². The molecule has 0 bridgehead atoms. The van der Waals surface area contributed by atoms with Crippen LogP contribution in [-0.4, -0.2) is 23.2 Å². The van der Waals surface area contributed by atoms with Crippen molar-refractivity contribution >= 4 is 10.9 Å². The summed E-state index contributed by atoms with van der Waals surface area (Å²) in [6, 6.07) is 11.6. The van der Waals surface area contributed by atoms with E-state index in [2.05, 4.69) is 68.0 Å². The highest BCUT2D eigenvalue weighted by atomic mass is 16.5. The SMILES string of the molecule is Cc1cc(-c2[nH]c3ccc(C4CCC(CC5COC5)CC4)cc3c2C(C)C)cc(C)n1. The zero-order valence-electron chi connectivity index (χ0n) is 19.5. The topological polar surface area (TPSA) is 37.9 Å². The van der Waals surface area contributed by atoms with Gasteiger partial charge in [-0.05, 0) is 99.1 Å². The molecule has 0 atom stereocenters. The van der Waals surface area contributed by atoms with Gasteiger partial charge in [-0.15, -0.1) is 0 Å². The zero-order chi connectivity index (χ0) is 21.5.